The second-order valence-electron chi connectivity index (χ2n) is 9.84. The molecule has 3 rings (SSSR count). The molecule has 0 heterocycles. The summed E-state index contributed by atoms with van der Waals surface area (Å²) in [6.07, 6.45) is -9.50. The summed E-state index contributed by atoms with van der Waals surface area (Å²) < 4.78 is 94.8. The predicted octanol–water partition coefficient (Wildman–Crippen LogP) is 7.93. The van der Waals surface area contributed by atoms with Crippen LogP contribution in [0, 0.1) is 5.82 Å². The summed E-state index contributed by atoms with van der Waals surface area (Å²) in [5.74, 6) is -2.42. The Bertz CT molecular complexity index is 1240. The molecule has 0 N–H and O–H groups in total. The van der Waals surface area contributed by atoms with Crippen LogP contribution in [0.25, 0.3) is 0 Å². The minimum absolute atomic E-state index is 0.0111. The van der Waals surface area contributed by atoms with Crippen LogP contribution in [0.1, 0.15) is 53.4 Å². The molecule has 3 nitrogen and oxygen atoms in total. The SMILES string of the molecule is CC(C)(C)c1ccc(CN(CCc2ccc(OC(F)(F)F)cc2)C(=O)c2cc(F)cc(C(F)(F)F)c2)cc1. The fourth-order valence-corrected chi connectivity index (χ4v) is 3.76. The van der Waals surface area contributed by atoms with Gasteiger partial charge in [0.15, 0.2) is 0 Å². The third-order valence-electron chi connectivity index (χ3n) is 5.78. The van der Waals surface area contributed by atoms with Crippen LogP contribution in [0.15, 0.2) is 66.7 Å². The number of alkyl halides is 6. The number of hydrogen-bond acceptors (Lipinski definition) is 2. The summed E-state index contributed by atoms with van der Waals surface area (Å²) in [6, 6.07) is 14.1. The number of carbonyl (C=O) groups excluding carboxylic acids is 1. The number of carbonyl (C=O) groups is 1. The van der Waals surface area contributed by atoms with Gasteiger partial charge in [-0.25, -0.2) is 4.39 Å². The van der Waals surface area contributed by atoms with E-state index in [9.17, 15) is 35.5 Å². The molecule has 0 radical (unpaired) electrons. The number of benzene rings is 3. The lowest BCUT2D eigenvalue weighted by molar-refractivity contribution is -0.274. The molecule has 38 heavy (non-hydrogen) atoms. The third-order valence-corrected chi connectivity index (χ3v) is 5.78. The number of amides is 1. The van der Waals surface area contributed by atoms with Crippen LogP contribution in [0.4, 0.5) is 30.7 Å². The van der Waals surface area contributed by atoms with Gasteiger partial charge in [0.05, 0.1) is 5.56 Å². The van der Waals surface area contributed by atoms with Crippen LogP contribution < -0.4 is 4.74 Å². The zero-order valence-corrected chi connectivity index (χ0v) is 20.9. The van der Waals surface area contributed by atoms with Gasteiger partial charge in [-0.15, -0.1) is 13.2 Å². The Hall–Kier alpha value is -3.56. The summed E-state index contributed by atoms with van der Waals surface area (Å²) in [5, 5.41) is 0. The zero-order valence-electron chi connectivity index (χ0n) is 20.9. The van der Waals surface area contributed by atoms with Crippen LogP contribution in [0.2, 0.25) is 0 Å². The van der Waals surface area contributed by atoms with Crippen LogP contribution in [-0.2, 0) is 24.6 Å². The molecule has 0 unspecified atom stereocenters. The topological polar surface area (TPSA) is 29.5 Å². The zero-order chi connectivity index (χ0) is 28.3. The second kappa shape index (κ2) is 11.0. The van der Waals surface area contributed by atoms with Gasteiger partial charge in [0, 0.05) is 18.7 Å². The molecule has 10 heteroatoms. The first-order valence-electron chi connectivity index (χ1n) is 11.6. The summed E-state index contributed by atoms with van der Waals surface area (Å²) in [6.45, 7) is 6.13. The molecular weight excluding hydrogens is 515 g/mol. The van der Waals surface area contributed by atoms with E-state index >= 15 is 0 Å². The second-order valence-corrected chi connectivity index (χ2v) is 9.84. The maximum absolute atomic E-state index is 14.0. The number of nitrogens with zero attached hydrogens (tertiary/aromatic N) is 1. The summed E-state index contributed by atoms with van der Waals surface area (Å²) >= 11 is 0. The Labute approximate surface area is 215 Å². The van der Waals surface area contributed by atoms with Crippen LogP contribution in [0.5, 0.6) is 5.75 Å². The number of halogens is 7. The summed E-state index contributed by atoms with van der Waals surface area (Å²) in [7, 11) is 0. The first-order chi connectivity index (χ1) is 17.5. The molecule has 0 aliphatic heterocycles. The van der Waals surface area contributed by atoms with Crippen molar-refractivity contribution in [3.63, 3.8) is 0 Å². The van der Waals surface area contributed by atoms with Crippen LogP contribution in [-0.4, -0.2) is 23.7 Å². The lowest BCUT2D eigenvalue weighted by atomic mass is 9.87. The Morgan fingerprint density at radius 1 is 0.789 bits per heavy atom. The highest BCUT2D eigenvalue weighted by molar-refractivity contribution is 5.94. The van der Waals surface area contributed by atoms with Crippen molar-refractivity contribution in [2.45, 2.75) is 51.7 Å². The van der Waals surface area contributed by atoms with Crippen molar-refractivity contribution >= 4 is 5.91 Å². The lowest BCUT2D eigenvalue weighted by Crippen LogP contribution is -2.33. The van der Waals surface area contributed by atoms with Gasteiger partial charge in [0.2, 0.25) is 0 Å². The van der Waals surface area contributed by atoms with E-state index in [0.29, 0.717) is 23.3 Å². The van der Waals surface area contributed by atoms with Crippen molar-refractivity contribution in [3.8, 4) is 5.75 Å². The van der Waals surface area contributed by atoms with Crippen molar-refractivity contribution in [1.29, 1.82) is 0 Å². The molecule has 0 saturated heterocycles. The summed E-state index contributed by atoms with van der Waals surface area (Å²) in [4.78, 5) is 14.6. The average molecular weight is 542 g/mol. The van der Waals surface area contributed by atoms with Gasteiger partial charge in [0.1, 0.15) is 11.6 Å². The quantitative estimate of drug-likeness (QED) is 0.285. The smallest absolute Gasteiger partial charge is 0.406 e. The normalized spacial score (nSPS) is 12.4. The first kappa shape index (κ1) is 29.0. The van der Waals surface area contributed by atoms with E-state index < -0.39 is 41.1 Å². The molecule has 1 amide bonds. The number of rotatable bonds is 7. The third kappa shape index (κ3) is 8.22. The van der Waals surface area contributed by atoms with Gasteiger partial charge >= 0.3 is 12.5 Å². The molecule has 204 valence electrons. The molecule has 0 aliphatic rings. The predicted molar refractivity (Wildman–Crippen MR) is 128 cm³/mol. The Balaban J connectivity index is 1.86. The summed E-state index contributed by atoms with van der Waals surface area (Å²) in [5.41, 5.74) is 0.447. The van der Waals surface area contributed by atoms with Crippen molar-refractivity contribution < 1.29 is 40.3 Å². The van der Waals surface area contributed by atoms with Gasteiger partial charge in [-0.1, -0.05) is 57.2 Å². The van der Waals surface area contributed by atoms with E-state index in [1.807, 2.05) is 32.9 Å². The van der Waals surface area contributed by atoms with E-state index in [-0.39, 0.29) is 24.9 Å². The molecule has 0 bridgehead atoms. The molecule has 0 atom stereocenters. The van der Waals surface area contributed by atoms with E-state index in [0.717, 1.165) is 23.8 Å². The van der Waals surface area contributed by atoms with Gasteiger partial charge in [-0.2, -0.15) is 13.2 Å². The van der Waals surface area contributed by atoms with Gasteiger partial charge < -0.3 is 9.64 Å². The molecule has 3 aromatic rings. The van der Waals surface area contributed by atoms with E-state index in [2.05, 4.69) is 4.74 Å². The molecule has 0 aromatic heterocycles. The standard InChI is InChI=1S/C28H26F7NO2/c1-26(2,3)21-8-4-19(5-9-21)17-36(13-12-18-6-10-24(11-7-18)38-28(33,34)35)25(37)20-14-22(27(30,31)32)16-23(29)15-20/h4-11,14-16H,12-13,17H2,1-3H3. The van der Waals surface area contributed by atoms with Gasteiger partial charge in [0.25, 0.3) is 5.91 Å². The molecule has 0 fully saturated rings. The van der Waals surface area contributed by atoms with Crippen molar-refractivity contribution in [2.24, 2.45) is 0 Å². The maximum Gasteiger partial charge on any atom is 0.573 e. The molecule has 0 spiro atoms. The van der Waals surface area contributed by atoms with Crippen LogP contribution >= 0.6 is 0 Å². The van der Waals surface area contributed by atoms with Crippen molar-refractivity contribution in [1.82, 2.24) is 4.90 Å². The largest absolute Gasteiger partial charge is 0.573 e. The minimum Gasteiger partial charge on any atom is -0.406 e. The number of ether oxygens (including phenoxy) is 1. The Morgan fingerprint density at radius 2 is 1.37 bits per heavy atom. The lowest BCUT2D eigenvalue weighted by Gasteiger charge is -2.25. The highest BCUT2D eigenvalue weighted by Gasteiger charge is 2.33. The molecule has 3 aromatic carbocycles. The Morgan fingerprint density at radius 3 is 1.89 bits per heavy atom. The molecular formula is C28H26F7NO2. The van der Waals surface area contributed by atoms with Gasteiger partial charge in [-0.05, 0) is 58.9 Å². The van der Waals surface area contributed by atoms with E-state index in [1.165, 1.54) is 17.0 Å². The minimum atomic E-state index is -4.84. The van der Waals surface area contributed by atoms with Crippen molar-refractivity contribution in [3.05, 3.63) is 100 Å². The average Bonchev–Trinajstić information content (AvgIpc) is 2.80. The van der Waals surface area contributed by atoms with Gasteiger partial charge in [-0.3, -0.25) is 4.79 Å². The monoisotopic (exact) mass is 541 g/mol. The van der Waals surface area contributed by atoms with Crippen LogP contribution in [0.3, 0.4) is 0 Å². The number of hydrogen-bond donors (Lipinski definition) is 0. The van der Waals surface area contributed by atoms with E-state index in [1.54, 1.807) is 12.1 Å². The highest BCUT2D eigenvalue weighted by atomic mass is 19.4. The first-order valence-corrected chi connectivity index (χ1v) is 11.6. The molecule has 0 saturated carbocycles. The van der Waals surface area contributed by atoms with Crippen molar-refractivity contribution in [2.75, 3.05) is 6.54 Å². The highest BCUT2D eigenvalue weighted by Crippen LogP contribution is 2.31. The van der Waals surface area contributed by atoms with E-state index in [4.69, 9.17) is 0 Å². The molecule has 0 aliphatic carbocycles. The fourth-order valence-electron chi connectivity index (χ4n) is 3.76. The Kier molecular flexibility index (Phi) is 8.43. The fraction of sp³-hybridized carbons (Fsp3) is 0.321. The maximum atomic E-state index is 14.0.